The van der Waals surface area contributed by atoms with E-state index in [4.69, 9.17) is 4.98 Å². The molecule has 7 heteroatoms. The van der Waals surface area contributed by atoms with E-state index in [-0.39, 0.29) is 11.8 Å². The van der Waals surface area contributed by atoms with Crippen molar-refractivity contribution >= 4 is 24.5 Å². The summed E-state index contributed by atoms with van der Waals surface area (Å²) in [5.74, 6) is 1.18. The molecule has 1 amide bonds. The third-order valence-corrected chi connectivity index (χ3v) is 7.78. The molecule has 0 saturated heterocycles. The zero-order valence-corrected chi connectivity index (χ0v) is 22.4. The van der Waals surface area contributed by atoms with Gasteiger partial charge in [-0.3, -0.25) is 4.79 Å². The largest absolute Gasteiger partial charge is 0.478 e. The maximum absolute atomic E-state index is 12.9. The summed E-state index contributed by atoms with van der Waals surface area (Å²) in [4.78, 5) is 29.3. The maximum Gasteiger partial charge on any atom is 0.336 e. The number of benzene rings is 2. The molecule has 1 heterocycles. The third-order valence-electron chi connectivity index (χ3n) is 7.38. The van der Waals surface area contributed by atoms with Crippen molar-refractivity contribution in [2.24, 2.45) is 11.8 Å². The molecule has 2 aromatic carbocycles. The van der Waals surface area contributed by atoms with Crippen LogP contribution >= 0.6 is 12.6 Å². The molecule has 0 bridgehead atoms. The monoisotopic (exact) mass is 519 g/mol. The van der Waals surface area contributed by atoms with E-state index in [9.17, 15) is 14.7 Å². The standard InChI is InChI=1S/C30H37N3O3S/c1-2-3-12-28-32-24(17-31-29(34)27(20-37)22-8-4-5-9-22)19-33(28)18-21-13-15-23(16-14-21)25-10-6-7-11-26(25)30(35)36/h6-7,10-11,13-16,19,22,27,37H,2-5,8-9,12,17-18,20H2,1H3,(H,31,34)(H,35,36). The molecule has 196 valence electrons. The predicted molar refractivity (Wildman–Crippen MR) is 150 cm³/mol. The Morgan fingerprint density at radius 3 is 2.54 bits per heavy atom. The van der Waals surface area contributed by atoms with E-state index in [2.05, 4.69) is 29.4 Å². The van der Waals surface area contributed by atoms with E-state index in [1.54, 1.807) is 12.1 Å². The van der Waals surface area contributed by atoms with Gasteiger partial charge >= 0.3 is 5.97 Å². The normalized spacial score (nSPS) is 14.5. The summed E-state index contributed by atoms with van der Waals surface area (Å²) in [6.45, 7) is 3.26. The molecule has 1 aromatic heterocycles. The quantitative estimate of drug-likeness (QED) is 0.257. The van der Waals surface area contributed by atoms with Gasteiger partial charge in [-0.05, 0) is 47.9 Å². The van der Waals surface area contributed by atoms with Gasteiger partial charge in [0, 0.05) is 30.8 Å². The number of rotatable bonds is 12. The molecule has 1 saturated carbocycles. The van der Waals surface area contributed by atoms with Crippen LogP contribution in [0.1, 0.15) is 72.9 Å². The van der Waals surface area contributed by atoms with Gasteiger partial charge in [0.05, 0.1) is 17.8 Å². The van der Waals surface area contributed by atoms with Crippen LogP contribution in [0, 0.1) is 11.8 Å². The molecule has 1 aliphatic rings. The van der Waals surface area contributed by atoms with Crippen molar-refractivity contribution in [3.63, 3.8) is 0 Å². The number of amides is 1. The molecule has 0 aliphatic heterocycles. The molecule has 0 radical (unpaired) electrons. The summed E-state index contributed by atoms with van der Waals surface area (Å²) in [6.07, 6.45) is 9.73. The van der Waals surface area contributed by atoms with E-state index in [1.807, 2.05) is 42.6 Å². The number of carbonyl (C=O) groups excluding carboxylic acids is 1. The first kappa shape index (κ1) is 27.0. The highest BCUT2D eigenvalue weighted by molar-refractivity contribution is 7.80. The molecular formula is C30H37N3O3S. The minimum Gasteiger partial charge on any atom is -0.478 e. The third kappa shape index (κ3) is 6.83. The molecule has 1 unspecified atom stereocenters. The number of hydrogen-bond acceptors (Lipinski definition) is 4. The van der Waals surface area contributed by atoms with Crippen LogP contribution in [-0.4, -0.2) is 32.3 Å². The average Bonchev–Trinajstić information content (AvgIpc) is 3.57. The van der Waals surface area contributed by atoms with E-state index in [1.165, 1.54) is 12.8 Å². The van der Waals surface area contributed by atoms with Crippen molar-refractivity contribution in [2.75, 3.05) is 5.75 Å². The van der Waals surface area contributed by atoms with E-state index >= 15 is 0 Å². The van der Waals surface area contributed by atoms with Crippen molar-refractivity contribution in [1.82, 2.24) is 14.9 Å². The fourth-order valence-electron chi connectivity index (χ4n) is 5.29. The van der Waals surface area contributed by atoms with E-state index < -0.39 is 5.97 Å². The number of aryl methyl sites for hydroxylation is 1. The number of carbonyl (C=O) groups is 2. The Bertz CT molecular complexity index is 1200. The molecule has 6 nitrogen and oxygen atoms in total. The van der Waals surface area contributed by atoms with Gasteiger partial charge in [0.1, 0.15) is 5.82 Å². The predicted octanol–water partition coefficient (Wildman–Crippen LogP) is 5.99. The first-order valence-electron chi connectivity index (χ1n) is 13.3. The second-order valence-electron chi connectivity index (χ2n) is 9.98. The molecule has 4 rings (SSSR count). The number of aromatic nitrogens is 2. The Morgan fingerprint density at radius 1 is 1.14 bits per heavy atom. The average molecular weight is 520 g/mol. The van der Waals surface area contributed by atoms with Gasteiger partial charge in [-0.25, -0.2) is 9.78 Å². The lowest BCUT2D eigenvalue weighted by atomic mass is 9.91. The number of aromatic carboxylic acids is 1. The smallest absolute Gasteiger partial charge is 0.336 e. The molecule has 2 N–H and O–H groups in total. The van der Waals surface area contributed by atoms with Gasteiger partial charge < -0.3 is 15.0 Å². The van der Waals surface area contributed by atoms with Gasteiger partial charge in [-0.15, -0.1) is 0 Å². The Labute approximate surface area is 224 Å². The van der Waals surface area contributed by atoms with Crippen molar-refractivity contribution < 1.29 is 14.7 Å². The van der Waals surface area contributed by atoms with Crippen LogP contribution in [0.5, 0.6) is 0 Å². The zero-order chi connectivity index (χ0) is 26.2. The van der Waals surface area contributed by atoms with Crippen LogP contribution < -0.4 is 5.32 Å². The first-order chi connectivity index (χ1) is 18.0. The van der Waals surface area contributed by atoms with E-state index in [0.717, 1.165) is 54.7 Å². The lowest BCUT2D eigenvalue weighted by Gasteiger charge is -2.20. The summed E-state index contributed by atoms with van der Waals surface area (Å²) in [5.41, 5.74) is 3.87. The SMILES string of the molecule is CCCCc1nc(CNC(=O)C(CS)C2CCCC2)cn1Cc1ccc(-c2ccccc2C(=O)O)cc1. The number of imidazole rings is 1. The van der Waals surface area contributed by atoms with Gasteiger partial charge in [0.25, 0.3) is 0 Å². The summed E-state index contributed by atoms with van der Waals surface area (Å²) < 4.78 is 2.17. The first-order valence-corrected chi connectivity index (χ1v) is 14.0. The van der Waals surface area contributed by atoms with Gasteiger partial charge in [-0.1, -0.05) is 68.7 Å². The highest BCUT2D eigenvalue weighted by Gasteiger charge is 2.29. The molecule has 1 aliphatic carbocycles. The Balaban J connectivity index is 1.46. The van der Waals surface area contributed by atoms with Crippen LogP contribution in [0.15, 0.2) is 54.7 Å². The molecule has 1 fully saturated rings. The fourth-order valence-corrected chi connectivity index (χ4v) is 5.76. The zero-order valence-electron chi connectivity index (χ0n) is 21.5. The van der Waals surface area contributed by atoms with Crippen molar-refractivity contribution in [3.05, 3.63) is 77.4 Å². The van der Waals surface area contributed by atoms with Gasteiger partial charge in [0.15, 0.2) is 0 Å². The fraction of sp³-hybridized carbons (Fsp3) is 0.433. The topological polar surface area (TPSA) is 84.2 Å². The molecule has 3 aromatic rings. The Morgan fingerprint density at radius 2 is 1.86 bits per heavy atom. The van der Waals surface area contributed by atoms with Crippen LogP contribution in [0.25, 0.3) is 11.1 Å². The number of unbranched alkanes of at least 4 members (excludes halogenated alkanes) is 1. The lowest BCUT2D eigenvalue weighted by Crippen LogP contribution is -2.35. The van der Waals surface area contributed by atoms with Crippen molar-refractivity contribution in [1.29, 1.82) is 0 Å². The summed E-state index contributed by atoms with van der Waals surface area (Å²) in [6, 6.07) is 15.1. The van der Waals surface area contributed by atoms with E-state index in [0.29, 0.717) is 35.9 Å². The number of nitrogens with zero attached hydrogens (tertiary/aromatic N) is 2. The molecule has 37 heavy (non-hydrogen) atoms. The molecular weight excluding hydrogens is 482 g/mol. The summed E-state index contributed by atoms with van der Waals surface area (Å²) in [5, 5.41) is 12.6. The highest BCUT2D eigenvalue weighted by Crippen LogP contribution is 2.32. The van der Waals surface area contributed by atoms with Crippen LogP contribution in [0.3, 0.4) is 0 Å². The molecule has 0 spiro atoms. The van der Waals surface area contributed by atoms with Gasteiger partial charge in [0.2, 0.25) is 5.91 Å². The number of thiol groups is 1. The number of nitrogens with one attached hydrogen (secondary N) is 1. The Kier molecular flexibility index (Phi) is 9.45. The summed E-state index contributed by atoms with van der Waals surface area (Å²) in [7, 11) is 0. The number of carboxylic acid groups (broad SMARTS) is 1. The Hall–Kier alpha value is -3.06. The van der Waals surface area contributed by atoms with Crippen molar-refractivity contribution in [2.45, 2.75) is 65.0 Å². The van der Waals surface area contributed by atoms with Crippen molar-refractivity contribution in [3.8, 4) is 11.1 Å². The number of hydrogen-bond donors (Lipinski definition) is 3. The summed E-state index contributed by atoms with van der Waals surface area (Å²) >= 11 is 4.46. The van der Waals surface area contributed by atoms with Crippen LogP contribution in [-0.2, 0) is 24.3 Å². The van der Waals surface area contributed by atoms with Gasteiger partial charge in [-0.2, -0.15) is 12.6 Å². The minimum absolute atomic E-state index is 0.0303. The minimum atomic E-state index is -0.929. The molecule has 1 atom stereocenters. The maximum atomic E-state index is 12.9. The van der Waals surface area contributed by atoms with Crippen LogP contribution in [0.4, 0.5) is 0 Å². The van der Waals surface area contributed by atoms with Crippen LogP contribution in [0.2, 0.25) is 0 Å². The number of carboxylic acids is 1. The lowest BCUT2D eigenvalue weighted by molar-refractivity contribution is -0.126. The highest BCUT2D eigenvalue weighted by atomic mass is 32.1. The second-order valence-corrected chi connectivity index (χ2v) is 10.3. The second kappa shape index (κ2) is 13.0.